The Morgan fingerprint density at radius 3 is 3.06 bits per heavy atom. The molecule has 1 aromatic rings. The highest BCUT2D eigenvalue weighted by Crippen LogP contribution is 2.23. The fourth-order valence-electron chi connectivity index (χ4n) is 2.24. The van der Waals surface area contributed by atoms with Crippen molar-refractivity contribution in [3.63, 3.8) is 0 Å². The Morgan fingerprint density at radius 1 is 1.53 bits per heavy atom. The average Bonchev–Trinajstić information content (AvgIpc) is 2.76. The lowest BCUT2D eigenvalue weighted by Gasteiger charge is -2.22. The summed E-state index contributed by atoms with van der Waals surface area (Å²) in [5.41, 5.74) is 0. The fourth-order valence-corrected chi connectivity index (χ4v) is 2.62. The van der Waals surface area contributed by atoms with E-state index in [1.807, 2.05) is 24.3 Å². The number of likely N-dealkylation sites (tertiary alicyclic amines) is 1. The fraction of sp³-hybridized carbons (Fsp3) is 0.571. The molecule has 2 unspecified atom stereocenters. The molecule has 17 heavy (non-hydrogen) atoms. The molecule has 0 amide bonds. The Hall–Kier alpha value is -0.540. The molecular formula is C14H20BrNO. The van der Waals surface area contributed by atoms with Gasteiger partial charge in [0.25, 0.3) is 0 Å². The second-order valence-electron chi connectivity index (χ2n) is 4.74. The molecule has 2 atom stereocenters. The highest BCUT2D eigenvalue weighted by atomic mass is 79.9. The molecule has 1 heterocycles. The summed E-state index contributed by atoms with van der Waals surface area (Å²) in [6.07, 6.45) is 2.69. The molecule has 2 rings (SSSR count). The van der Waals surface area contributed by atoms with E-state index < -0.39 is 0 Å². The van der Waals surface area contributed by atoms with E-state index in [0.29, 0.717) is 12.1 Å². The van der Waals surface area contributed by atoms with Crippen molar-refractivity contribution < 1.29 is 4.74 Å². The highest BCUT2D eigenvalue weighted by Gasteiger charge is 2.26. The van der Waals surface area contributed by atoms with Crippen LogP contribution in [0.1, 0.15) is 26.7 Å². The van der Waals surface area contributed by atoms with Gasteiger partial charge in [0.05, 0.1) is 0 Å². The second kappa shape index (κ2) is 5.87. The van der Waals surface area contributed by atoms with Gasteiger partial charge in [-0.25, -0.2) is 0 Å². The first-order valence-electron chi connectivity index (χ1n) is 6.35. The highest BCUT2D eigenvalue weighted by molar-refractivity contribution is 9.10. The van der Waals surface area contributed by atoms with E-state index in [0.717, 1.165) is 29.7 Å². The van der Waals surface area contributed by atoms with Crippen LogP contribution in [-0.2, 0) is 0 Å². The summed E-state index contributed by atoms with van der Waals surface area (Å²) in [6.45, 7) is 6.75. The van der Waals surface area contributed by atoms with Crippen LogP contribution in [0.2, 0.25) is 0 Å². The predicted molar refractivity (Wildman–Crippen MR) is 74.5 cm³/mol. The van der Waals surface area contributed by atoms with Gasteiger partial charge in [0.1, 0.15) is 11.9 Å². The van der Waals surface area contributed by atoms with E-state index in [9.17, 15) is 0 Å². The van der Waals surface area contributed by atoms with E-state index in [4.69, 9.17) is 4.74 Å². The first-order valence-corrected chi connectivity index (χ1v) is 7.14. The third-order valence-electron chi connectivity index (χ3n) is 3.49. The maximum Gasteiger partial charge on any atom is 0.120 e. The van der Waals surface area contributed by atoms with Gasteiger partial charge in [-0.05, 0) is 38.0 Å². The minimum Gasteiger partial charge on any atom is -0.489 e. The molecule has 3 heteroatoms. The Balaban J connectivity index is 1.89. The third-order valence-corrected chi connectivity index (χ3v) is 3.98. The molecule has 0 aromatic heterocycles. The zero-order chi connectivity index (χ0) is 12.3. The van der Waals surface area contributed by atoms with Crippen LogP contribution in [0.5, 0.6) is 5.75 Å². The minimum atomic E-state index is 0.346. The maximum absolute atomic E-state index is 6.01. The number of hydrogen-bond donors (Lipinski definition) is 0. The third kappa shape index (κ3) is 3.46. The first-order chi connectivity index (χ1) is 8.19. The largest absolute Gasteiger partial charge is 0.489 e. The van der Waals surface area contributed by atoms with Crippen LogP contribution >= 0.6 is 15.9 Å². The molecule has 1 aliphatic heterocycles. The van der Waals surface area contributed by atoms with Crippen molar-refractivity contribution >= 4 is 15.9 Å². The Morgan fingerprint density at radius 2 is 2.35 bits per heavy atom. The van der Waals surface area contributed by atoms with E-state index in [1.165, 1.54) is 6.42 Å². The summed E-state index contributed by atoms with van der Waals surface area (Å²) in [5.74, 6) is 0.968. The lowest BCUT2D eigenvalue weighted by atomic mass is 10.2. The zero-order valence-corrected chi connectivity index (χ0v) is 12.1. The summed E-state index contributed by atoms with van der Waals surface area (Å²) in [5, 5.41) is 0. The molecule has 1 saturated heterocycles. The summed E-state index contributed by atoms with van der Waals surface area (Å²) in [6, 6.07) is 8.77. The van der Waals surface area contributed by atoms with Crippen LogP contribution in [0, 0.1) is 0 Å². The van der Waals surface area contributed by atoms with Crippen molar-refractivity contribution in [1.29, 1.82) is 0 Å². The number of benzene rings is 1. The number of halogens is 1. The molecule has 0 spiro atoms. The molecule has 0 N–H and O–H groups in total. The van der Waals surface area contributed by atoms with Crippen molar-refractivity contribution in [2.45, 2.75) is 38.8 Å². The van der Waals surface area contributed by atoms with Crippen LogP contribution in [0.15, 0.2) is 28.7 Å². The molecule has 0 radical (unpaired) electrons. The average molecular weight is 298 g/mol. The standard InChI is InChI=1S/C14H20BrNO/c1-3-11(2)16-8-7-14(10-16)17-13-6-4-5-12(15)9-13/h4-6,9,11,14H,3,7-8,10H2,1-2H3. The molecular weight excluding hydrogens is 278 g/mol. The zero-order valence-electron chi connectivity index (χ0n) is 10.5. The van der Waals surface area contributed by atoms with E-state index in [-0.39, 0.29) is 0 Å². The number of nitrogens with zero attached hydrogens (tertiary/aromatic N) is 1. The molecule has 0 bridgehead atoms. The van der Waals surface area contributed by atoms with Crippen LogP contribution in [0.3, 0.4) is 0 Å². The van der Waals surface area contributed by atoms with Gasteiger partial charge in [-0.15, -0.1) is 0 Å². The van der Waals surface area contributed by atoms with Crippen LogP contribution in [-0.4, -0.2) is 30.1 Å². The van der Waals surface area contributed by atoms with Crippen LogP contribution in [0.4, 0.5) is 0 Å². The molecule has 0 aliphatic carbocycles. The van der Waals surface area contributed by atoms with Gasteiger partial charge < -0.3 is 4.74 Å². The number of rotatable bonds is 4. The lowest BCUT2D eigenvalue weighted by molar-refractivity contribution is 0.181. The van der Waals surface area contributed by atoms with Gasteiger partial charge in [-0.3, -0.25) is 4.90 Å². The summed E-state index contributed by atoms with van der Waals surface area (Å²) >= 11 is 3.47. The van der Waals surface area contributed by atoms with Crippen molar-refractivity contribution in [3.05, 3.63) is 28.7 Å². The maximum atomic E-state index is 6.01. The van der Waals surface area contributed by atoms with Gasteiger partial charge in [-0.1, -0.05) is 28.9 Å². The van der Waals surface area contributed by atoms with Crippen LogP contribution < -0.4 is 4.74 Å². The van der Waals surface area contributed by atoms with Gasteiger partial charge in [-0.2, -0.15) is 0 Å². The molecule has 2 nitrogen and oxygen atoms in total. The second-order valence-corrected chi connectivity index (χ2v) is 5.65. The Kier molecular flexibility index (Phi) is 4.46. The quantitative estimate of drug-likeness (QED) is 0.840. The number of ether oxygens (including phenoxy) is 1. The molecule has 1 aromatic carbocycles. The van der Waals surface area contributed by atoms with Crippen molar-refractivity contribution in [2.75, 3.05) is 13.1 Å². The topological polar surface area (TPSA) is 12.5 Å². The van der Waals surface area contributed by atoms with Gasteiger partial charge in [0, 0.05) is 23.6 Å². The number of hydrogen-bond acceptors (Lipinski definition) is 2. The van der Waals surface area contributed by atoms with Gasteiger partial charge >= 0.3 is 0 Å². The molecule has 1 aliphatic rings. The lowest BCUT2D eigenvalue weighted by Crippen LogP contribution is -2.32. The first kappa shape index (κ1) is 12.9. The summed E-state index contributed by atoms with van der Waals surface area (Å²) < 4.78 is 7.09. The molecule has 0 saturated carbocycles. The van der Waals surface area contributed by atoms with E-state index in [1.54, 1.807) is 0 Å². The smallest absolute Gasteiger partial charge is 0.120 e. The van der Waals surface area contributed by atoms with Crippen molar-refractivity contribution in [1.82, 2.24) is 4.90 Å². The van der Waals surface area contributed by atoms with E-state index in [2.05, 4.69) is 34.7 Å². The Bertz CT molecular complexity index is 369. The van der Waals surface area contributed by atoms with Crippen molar-refractivity contribution in [3.8, 4) is 5.75 Å². The SMILES string of the molecule is CCC(C)N1CCC(Oc2cccc(Br)c2)C1. The summed E-state index contributed by atoms with van der Waals surface area (Å²) in [4.78, 5) is 2.52. The molecule has 94 valence electrons. The monoisotopic (exact) mass is 297 g/mol. The summed E-state index contributed by atoms with van der Waals surface area (Å²) in [7, 11) is 0. The minimum absolute atomic E-state index is 0.346. The van der Waals surface area contributed by atoms with E-state index >= 15 is 0 Å². The molecule has 1 fully saturated rings. The van der Waals surface area contributed by atoms with Gasteiger partial charge in [0.2, 0.25) is 0 Å². The van der Waals surface area contributed by atoms with Crippen molar-refractivity contribution in [2.24, 2.45) is 0 Å². The predicted octanol–water partition coefficient (Wildman–Crippen LogP) is 3.70. The van der Waals surface area contributed by atoms with Crippen LogP contribution in [0.25, 0.3) is 0 Å². The normalized spacial score (nSPS) is 22.6. The Labute approximate surface area is 112 Å². The van der Waals surface area contributed by atoms with Gasteiger partial charge in [0.15, 0.2) is 0 Å².